The van der Waals surface area contributed by atoms with Gasteiger partial charge in [0.1, 0.15) is 5.69 Å². The number of pyridine rings is 1. The second kappa shape index (κ2) is 15.5. The van der Waals surface area contributed by atoms with Crippen LogP contribution in [-0.4, -0.2) is 19.6 Å². The molecule has 61 heavy (non-hydrogen) atoms. The maximum Gasteiger partial charge on any atom is 0.160 e. The van der Waals surface area contributed by atoms with Gasteiger partial charge in [-0.1, -0.05) is 200 Å². The lowest BCUT2D eigenvalue weighted by Gasteiger charge is -2.13. The van der Waals surface area contributed by atoms with Crippen molar-refractivity contribution in [3.8, 4) is 89.8 Å². The van der Waals surface area contributed by atoms with Gasteiger partial charge in [-0.3, -0.25) is 0 Å². The molecule has 0 spiro atoms. The first-order chi connectivity index (χ1) is 30.2. The van der Waals surface area contributed by atoms with E-state index < -0.39 is 0 Å². The number of benzene rings is 8. The van der Waals surface area contributed by atoms with E-state index in [1.165, 1.54) is 5.56 Å². The summed E-state index contributed by atoms with van der Waals surface area (Å²) in [4.78, 5) is 10.4. The van der Waals surface area contributed by atoms with Crippen LogP contribution in [0, 0.1) is 0 Å². The maximum absolute atomic E-state index is 5.39. The van der Waals surface area contributed by atoms with Crippen LogP contribution >= 0.6 is 0 Å². The molecule has 286 valence electrons. The van der Waals surface area contributed by atoms with E-state index in [0.29, 0.717) is 5.82 Å². The fourth-order valence-corrected chi connectivity index (χ4v) is 8.43. The molecule has 3 heterocycles. The Morgan fingerprint density at radius 2 is 0.787 bits per heavy atom. The van der Waals surface area contributed by atoms with E-state index in [1.807, 2.05) is 12.1 Å². The summed E-state index contributed by atoms with van der Waals surface area (Å²) in [6.45, 7) is 0. The van der Waals surface area contributed by atoms with E-state index in [4.69, 9.17) is 15.1 Å². The van der Waals surface area contributed by atoms with Crippen molar-refractivity contribution in [3.05, 3.63) is 231 Å². The highest BCUT2D eigenvalue weighted by atomic mass is 15.2. The topological polar surface area (TPSA) is 43.1 Å². The molecule has 0 aliphatic rings. The molecule has 0 N–H and O–H groups in total. The molecular formula is C57H38N4. The molecule has 0 aliphatic carbocycles. The standard InChI is InChI=1S/C57H38N4/c1-6-18-39(19-7-1)44-28-16-30-47(34-44)52-38-51(40-20-8-2-9-21-40)58-57(59-52)48-31-17-29-45(35-48)46-32-33-50-49(36-46)37-53(41-22-10-3-11-23-41)61-56(50)54(42-24-12-4-13-25-42)55(60-61)43-26-14-5-15-27-43/h1-38H. The summed E-state index contributed by atoms with van der Waals surface area (Å²) in [6, 6.07) is 81.0. The first kappa shape index (κ1) is 35.9. The fraction of sp³-hybridized carbons (Fsp3) is 0. The smallest absolute Gasteiger partial charge is 0.160 e. The van der Waals surface area contributed by atoms with Crippen molar-refractivity contribution in [1.29, 1.82) is 0 Å². The molecule has 0 fully saturated rings. The van der Waals surface area contributed by atoms with Crippen LogP contribution in [0.25, 0.3) is 106 Å². The van der Waals surface area contributed by atoms with Gasteiger partial charge in [-0.2, -0.15) is 5.10 Å². The molecule has 0 saturated heterocycles. The monoisotopic (exact) mass is 778 g/mol. The molecule has 3 aromatic heterocycles. The number of hydrogen-bond donors (Lipinski definition) is 0. The van der Waals surface area contributed by atoms with Crippen LogP contribution in [0.15, 0.2) is 231 Å². The minimum atomic E-state index is 0.678. The number of hydrogen-bond acceptors (Lipinski definition) is 3. The van der Waals surface area contributed by atoms with Crippen LogP contribution in [-0.2, 0) is 0 Å². The molecule has 8 aromatic carbocycles. The first-order valence-corrected chi connectivity index (χ1v) is 20.6. The SMILES string of the molecule is c1ccc(-c2cccc(-c3cc(-c4ccccc4)nc(-c4cccc(-c5ccc6c(c5)cc(-c5ccccc5)n5nc(-c7ccccc7)c(-c7ccccc7)c65)c4)n3)c2)cc1. The Balaban J connectivity index is 1.07. The summed E-state index contributed by atoms with van der Waals surface area (Å²) in [5.41, 5.74) is 16.8. The summed E-state index contributed by atoms with van der Waals surface area (Å²) in [7, 11) is 0. The third-order valence-corrected chi connectivity index (χ3v) is 11.4. The van der Waals surface area contributed by atoms with Gasteiger partial charge in [0.2, 0.25) is 0 Å². The Kier molecular flexibility index (Phi) is 9.14. The lowest BCUT2D eigenvalue weighted by atomic mass is 9.95. The van der Waals surface area contributed by atoms with E-state index in [9.17, 15) is 0 Å². The fourth-order valence-electron chi connectivity index (χ4n) is 8.43. The molecule has 0 radical (unpaired) electrons. The van der Waals surface area contributed by atoms with Crippen molar-refractivity contribution >= 4 is 16.3 Å². The van der Waals surface area contributed by atoms with Gasteiger partial charge in [-0.05, 0) is 63.5 Å². The highest BCUT2D eigenvalue weighted by molar-refractivity contribution is 6.09. The second-order valence-electron chi connectivity index (χ2n) is 15.3. The molecule has 11 aromatic rings. The summed E-state index contributed by atoms with van der Waals surface area (Å²) in [6.07, 6.45) is 0. The van der Waals surface area contributed by atoms with Crippen LogP contribution in [0.5, 0.6) is 0 Å². The average molecular weight is 779 g/mol. The summed E-state index contributed by atoms with van der Waals surface area (Å²) >= 11 is 0. The zero-order valence-corrected chi connectivity index (χ0v) is 33.2. The van der Waals surface area contributed by atoms with Gasteiger partial charge in [0.05, 0.1) is 22.6 Å². The number of fused-ring (bicyclic) bond motifs is 3. The molecule has 0 saturated carbocycles. The summed E-state index contributed by atoms with van der Waals surface area (Å²) in [5, 5.41) is 7.66. The van der Waals surface area contributed by atoms with Gasteiger partial charge < -0.3 is 0 Å². The van der Waals surface area contributed by atoms with Gasteiger partial charge in [0.25, 0.3) is 0 Å². The molecule has 0 aliphatic heterocycles. The molecule has 4 nitrogen and oxygen atoms in total. The van der Waals surface area contributed by atoms with Crippen LogP contribution in [0.2, 0.25) is 0 Å². The third-order valence-electron chi connectivity index (χ3n) is 11.4. The molecule has 11 rings (SSSR count). The normalized spacial score (nSPS) is 11.3. The molecule has 4 heteroatoms. The van der Waals surface area contributed by atoms with Gasteiger partial charge in [-0.25, -0.2) is 14.5 Å². The minimum absolute atomic E-state index is 0.678. The molecule has 0 bridgehead atoms. The number of nitrogens with zero attached hydrogens (tertiary/aromatic N) is 4. The number of aromatic nitrogens is 4. The quantitative estimate of drug-likeness (QED) is 0.154. The zero-order chi connectivity index (χ0) is 40.5. The van der Waals surface area contributed by atoms with Crippen molar-refractivity contribution in [2.45, 2.75) is 0 Å². The van der Waals surface area contributed by atoms with Crippen molar-refractivity contribution in [2.24, 2.45) is 0 Å². The van der Waals surface area contributed by atoms with Crippen LogP contribution in [0.3, 0.4) is 0 Å². The predicted octanol–water partition coefficient (Wildman–Crippen LogP) is 14.6. The van der Waals surface area contributed by atoms with Crippen molar-refractivity contribution in [2.75, 3.05) is 0 Å². The Labute approximate surface area is 354 Å². The average Bonchev–Trinajstić information content (AvgIpc) is 3.76. The Bertz CT molecular complexity index is 3320. The minimum Gasteiger partial charge on any atom is -0.231 e. The molecule has 0 atom stereocenters. The van der Waals surface area contributed by atoms with E-state index in [1.54, 1.807) is 0 Å². The third kappa shape index (κ3) is 6.86. The van der Waals surface area contributed by atoms with Gasteiger partial charge in [0.15, 0.2) is 5.82 Å². The van der Waals surface area contributed by atoms with Crippen molar-refractivity contribution in [1.82, 2.24) is 19.6 Å². The second-order valence-corrected chi connectivity index (χ2v) is 15.3. The van der Waals surface area contributed by atoms with E-state index >= 15 is 0 Å². The van der Waals surface area contributed by atoms with Gasteiger partial charge in [0, 0.05) is 38.8 Å². The first-order valence-electron chi connectivity index (χ1n) is 20.6. The summed E-state index contributed by atoms with van der Waals surface area (Å²) < 4.78 is 2.15. The predicted molar refractivity (Wildman–Crippen MR) is 252 cm³/mol. The van der Waals surface area contributed by atoms with E-state index in [-0.39, 0.29) is 0 Å². The van der Waals surface area contributed by atoms with Crippen LogP contribution in [0.1, 0.15) is 0 Å². The van der Waals surface area contributed by atoms with Gasteiger partial charge >= 0.3 is 0 Å². The molecular weight excluding hydrogens is 741 g/mol. The molecule has 0 unspecified atom stereocenters. The highest BCUT2D eigenvalue weighted by Crippen LogP contribution is 2.42. The Morgan fingerprint density at radius 3 is 1.44 bits per heavy atom. The largest absolute Gasteiger partial charge is 0.231 e. The summed E-state index contributed by atoms with van der Waals surface area (Å²) in [5.74, 6) is 0.678. The van der Waals surface area contributed by atoms with E-state index in [0.717, 1.165) is 94.7 Å². The number of rotatable bonds is 8. The Morgan fingerprint density at radius 1 is 0.311 bits per heavy atom. The highest BCUT2D eigenvalue weighted by Gasteiger charge is 2.22. The van der Waals surface area contributed by atoms with Gasteiger partial charge in [-0.15, -0.1) is 0 Å². The lowest BCUT2D eigenvalue weighted by Crippen LogP contribution is -1.97. The molecule has 0 amide bonds. The Hall–Kier alpha value is -8.21. The lowest BCUT2D eigenvalue weighted by molar-refractivity contribution is 0.979. The van der Waals surface area contributed by atoms with Crippen LogP contribution in [0.4, 0.5) is 0 Å². The van der Waals surface area contributed by atoms with E-state index in [2.05, 4.69) is 223 Å². The van der Waals surface area contributed by atoms with Crippen molar-refractivity contribution in [3.63, 3.8) is 0 Å². The maximum atomic E-state index is 5.39. The van der Waals surface area contributed by atoms with Crippen molar-refractivity contribution < 1.29 is 0 Å². The van der Waals surface area contributed by atoms with Crippen LogP contribution < -0.4 is 0 Å². The zero-order valence-electron chi connectivity index (χ0n) is 33.2.